The van der Waals surface area contributed by atoms with E-state index in [1.165, 1.54) is 12.1 Å². The lowest BCUT2D eigenvalue weighted by Crippen LogP contribution is -1.97. The molecule has 2 N–H and O–H groups in total. The van der Waals surface area contributed by atoms with E-state index in [0.29, 0.717) is 5.82 Å². The third-order valence-electron chi connectivity index (χ3n) is 3.50. The molecule has 0 unspecified atom stereocenters. The van der Waals surface area contributed by atoms with Gasteiger partial charge < -0.3 is 5.73 Å². The van der Waals surface area contributed by atoms with E-state index in [2.05, 4.69) is 10.1 Å². The topological polar surface area (TPSA) is 56.7 Å². The number of pyridine rings is 1. The van der Waals surface area contributed by atoms with Crippen LogP contribution >= 0.6 is 0 Å². The van der Waals surface area contributed by atoms with Gasteiger partial charge in [0.1, 0.15) is 17.3 Å². The summed E-state index contributed by atoms with van der Waals surface area (Å²) in [6, 6.07) is 8.43. The van der Waals surface area contributed by atoms with Crippen molar-refractivity contribution >= 4 is 5.82 Å². The third kappa shape index (κ3) is 2.27. The van der Waals surface area contributed by atoms with Crippen LogP contribution in [0.2, 0.25) is 0 Å². The molecule has 0 saturated heterocycles. The van der Waals surface area contributed by atoms with Crippen LogP contribution < -0.4 is 5.73 Å². The highest BCUT2D eigenvalue weighted by molar-refractivity contribution is 5.88. The summed E-state index contributed by atoms with van der Waals surface area (Å²) in [5.41, 5.74) is 10.4. The van der Waals surface area contributed by atoms with E-state index in [9.17, 15) is 4.39 Å². The van der Waals surface area contributed by atoms with Gasteiger partial charge in [0, 0.05) is 25.0 Å². The fraction of sp³-hybridized carbons (Fsp3) is 0.125. The maximum absolute atomic E-state index is 13.3. The molecule has 0 radical (unpaired) electrons. The van der Waals surface area contributed by atoms with Crippen molar-refractivity contribution in [1.29, 1.82) is 0 Å². The second kappa shape index (κ2) is 5.01. The first-order chi connectivity index (χ1) is 10.1. The number of aryl methyl sites for hydroxylation is 2. The van der Waals surface area contributed by atoms with E-state index in [-0.39, 0.29) is 5.82 Å². The molecule has 0 fully saturated rings. The molecule has 0 aliphatic carbocycles. The molecule has 0 saturated carbocycles. The molecule has 5 heteroatoms. The number of benzene rings is 1. The molecule has 0 amide bonds. The number of hydrogen-bond donors (Lipinski definition) is 1. The lowest BCUT2D eigenvalue weighted by molar-refractivity contribution is 0.627. The Hall–Kier alpha value is -2.69. The Morgan fingerprint density at radius 1 is 1.14 bits per heavy atom. The second-order valence-electron chi connectivity index (χ2n) is 4.93. The SMILES string of the molecule is Cc1cc(F)ccc1-c1nn(C)c(N)c1-c1ccncc1. The summed E-state index contributed by atoms with van der Waals surface area (Å²) in [4.78, 5) is 4.02. The molecule has 0 aliphatic heterocycles. The Balaban J connectivity index is 2.27. The number of hydrogen-bond acceptors (Lipinski definition) is 3. The zero-order valence-corrected chi connectivity index (χ0v) is 11.8. The van der Waals surface area contributed by atoms with Gasteiger partial charge in [-0.3, -0.25) is 9.67 Å². The molecule has 0 atom stereocenters. The number of anilines is 1. The minimum absolute atomic E-state index is 0.259. The van der Waals surface area contributed by atoms with Gasteiger partial charge in [-0.15, -0.1) is 0 Å². The first-order valence-corrected chi connectivity index (χ1v) is 6.57. The highest BCUT2D eigenvalue weighted by atomic mass is 19.1. The molecule has 106 valence electrons. The van der Waals surface area contributed by atoms with Crippen LogP contribution in [0.5, 0.6) is 0 Å². The van der Waals surface area contributed by atoms with E-state index in [4.69, 9.17) is 5.73 Å². The van der Waals surface area contributed by atoms with Crippen LogP contribution in [0.1, 0.15) is 5.56 Å². The fourth-order valence-corrected chi connectivity index (χ4v) is 2.42. The molecular weight excluding hydrogens is 267 g/mol. The Morgan fingerprint density at radius 3 is 2.52 bits per heavy atom. The van der Waals surface area contributed by atoms with Crippen LogP contribution in [0.3, 0.4) is 0 Å². The van der Waals surface area contributed by atoms with Gasteiger partial charge in [-0.1, -0.05) is 0 Å². The maximum Gasteiger partial charge on any atom is 0.129 e. The summed E-state index contributed by atoms with van der Waals surface area (Å²) in [6.07, 6.45) is 3.42. The highest BCUT2D eigenvalue weighted by Crippen LogP contribution is 2.36. The monoisotopic (exact) mass is 282 g/mol. The fourth-order valence-electron chi connectivity index (χ4n) is 2.42. The van der Waals surface area contributed by atoms with E-state index < -0.39 is 0 Å². The lowest BCUT2D eigenvalue weighted by atomic mass is 9.98. The smallest absolute Gasteiger partial charge is 0.129 e. The largest absolute Gasteiger partial charge is 0.383 e. The van der Waals surface area contributed by atoms with E-state index in [0.717, 1.165) is 27.9 Å². The summed E-state index contributed by atoms with van der Waals surface area (Å²) in [5, 5.41) is 4.50. The summed E-state index contributed by atoms with van der Waals surface area (Å²) < 4.78 is 14.9. The number of halogens is 1. The van der Waals surface area contributed by atoms with Crippen LogP contribution in [0.4, 0.5) is 10.2 Å². The normalized spacial score (nSPS) is 10.8. The molecule has 2 aromatic heterocycles. The van der Waals surface area contributed by atoms with Crippen LogP contribution in [0, 0.1) is 12.7 Å². The van der Waals surface area contributed by atoms with Crippen molar-refractivity contribution in [2.45, 2.75) is 6.92 Å². The molecule has 0 spiro atoms. The number of nitrogens with two attached hydrogens (primary N) is 1. The van der Waals surface area contributed by atoms with Crippen LogP contribution in [-0.2, 0) is 7.05 Å². The average Bonchev–Trinajstić information content (AvgIpc) is 2.75. The Labute approximate surface area is 122 Å². The van der Waals surface area contributed by atoms with E-state index in [1.807, 2.05) is 19.1 Å². The standard InChI is InChI=1S/C16H15FN4/c1-10-9-12(17)3-4-13(10)15-14(16(18)21(2)20-15)11-5-7-19-8-6-11/h3-9H,18H2,1-2H3. The summed E-state index contributed by atoms with van der Waals surface area (Å²) in [6.45, 7) is 1.86. The first-order valence-electron chi connectivity index (χ1n) is 6.57. The summed E-state index contributed by atoms with van der Waals surface area (Å²) in [7, 11) is 1.79. The summed E-state index contributed by atoms with van der Waals surface area (Å²) in [5.74, 6) is 0.311. The van der Waals surface area contributed by atoms with Crippen LogP contribution in [0.15, 0.2) is 42.7 Å². The van der Waals surface area contributed by atoms with Crippen molar-refractivity contribution in [2.75, 3.05) is 5.73 Å². The van der Waals surface area contributed by atoms with Crippen molar-refractivity contribution in [3.05, 3.63) is 54.1 Å². The van der Waals surface area contributed by atoms with Gasteiger partial charge in [-0.2, -0.15) is 5.10 Å². The van der Waals surface area contributed by atoms with Crippen molar-refractivity contribution in [2.24, 2.45) is 7.05 Å². The van der Waals surface area contributed by atoms with Gasteiger partial charge in [0.2, 0.25) is 0 Å². The molecule has 3 aromatic rings. The number of rotatable bonds is 2. The molecule has 0 aliphatic rings. The molecule has 1 aromatic carbocycles. The Kier molecular flexibility index (Phi) is 3.17. The second-order valence-corrected chi connectivity index (χ2v) is 4.93. The maximum atomic E-state index is 13.3. The van der Waals surface area contributed by atoms with Gasteiger partial charge in [0.25, 0.3) is 0 Å². The Morgan fingerprint density at radius 2 is 1.86 bits per heavy atom. The zero-order chi connectivity index (χ0) is 15.0. The number of nitrogens with zero attached hydrogens (tertiary/aromatic N) is 3. The zero-order valence-electron chi connectivity index (χ0n) is 11.8. The molecular formula is C16H15FN4. The van der Waals surface area contributed by atoms with Crippen molar-refractivity contribution < 1.29 is 4.39 Å². The van der Waals surface area contributed by atoms with Crippen molar-refractivity contribution in [3.8, 4) is 22.4 Å². The average molecular weight is 282 g/mol. The lowest BCUT2D eigenvalue weighted by Gasteiger charge is -2.07. The molecule has 0 bridgehead atoms. The van der Waals surface area contributed by atoms with Gasteiger partial charge in [-0.25, -0.2) is 4.39 Å². The molecule has 21 heavy (non-hydrogen) atoms. The number of aromatic nitrogens is 3. The van der Waals surface area contributed by atoms with Crippen molar-refractivity contribution in [3.63, 3.8) is 0 Å². The summed E-state index contributed by atoms with van der Waals surface area (Å²) >= 11 is 0. The van der Waals surface area contributed by atoms with Gasteiger partial charge in [0.05, 0.1) is 5.56 Å². The Bertz CT molecular complexity index is 794. The predicted molar refractivity (Wildman–Crippen MR) is 81.0 cm³/mol. The highest BCUT2D eigenvalue weighted by Gasteiger charge is 2.18. The molecule has 3 rings (SSSR count). The predicted octanol–water partition coefficient (Wildman–Crippen LogP) is 3.18. The minimum atomic E-state index is -0.259. The van der Waals surface area contributed by atoms with E-state index >= 15 is 0 Å². The van der Waals surface area contributed by atoms with Gasteiger partial charge in [0.15, 0.2) is 0 Å². The first kappa shape index (κ1) is 13.3. The quantitative estimate of drug-likeness (QED) is 0.785. The number of nitrogen functional groups attached to an aromatic ring is 1. The van der Waals surface area contributed by atoms with Gasteiger partial charge >= 0.3 is 0 Å². The van der Waals surface area contributed by atoms with Crippen LogP contribution in [-0.4, -0.2) is 14.8 Å². The molecule has 4 nitrogen and oxygen atoms in total. The minimum Gasteiger partial charge on any atom is -0.383 e. The third-order valence-corrected chi connectivity index (χ3v) is 3.50. The van der Waals surface area contributed by atoms with E-state index in [1.54, 1.807) is 30.2 Å². The van der Waals surface area contributed by atoms with Crippen LogP contribution in [0.25, 0.3) is 22.4 Å². The van der Waals surface area contributed by atoms with Crippen molar-refractivity contribution in [1.82, 2.24) is 14.8 Å². The van der Waals surface area contributed by atoms with Gasteiger partial charge in [-0.05, 0) is 48.4 Å². The molecule has 2 heterocycles.